The van der Waals surface area contributed by atoms with Gasteiger partial charge in [-0.15, -0.1) is 11.3 Å². The Labute approximate surface area is 139 Å². The first kappa shape index (κ1) is 16.0. The minimum absolute atomic E-state index is 0.162. The third kappa shape index (κ3) is 3.11. The van der Waals surface area contributed by atoms with Gasteiger partial charge in [0.05, 0.1) is 10.5 Å². The Bertz CT molecular complexity index is 842. The highest BCUT2D eigenvalue weighted by atomic mass is 32.2. The van der Waals surface area contributed by atoms with Crippen molar-refractivity contribution in [3.63, 3.8) is 0 Å². The Morgan fingerprint density at radius 2 is 2.00 bits per heavy atom. The Morgan fingerprint density at radius 3 is 2.65 bits per heavy atom. The molecule has 122 valence electrons. The zero-order valence-electron chi connectivity index (χ0n) is 12.7. The molecule has 1 atom stereocenters. The van der Waals surface area contributed by atoms with Crippen molar-refractivity contribution in [3.05, 3.63) is 46.3 Å². The average molecular weight is 350 g/mol. The quantitative estimate of drug-likeness (QED) is 0.888. The van der Waals surface area contributed by atoms with Crippen LogP contribution in [-0.2, 0) is 22.9 Å². The Kier molecular flexibility index (Phi) is 4.16. The van der Waals surface area contributed by atoms with Crippen molar-refractivity contribution < 1.29 is 13.2 Å². The number of hydrogen-bond donors (Lipinski definition) is 2. The lowest BCUT2D eigenvalue weighted by atomic mass is 9.88. The first-order valence-electron chi connectivity index (χ1n) is 7.40. The molecule has 1 aromatic heterocycles. The molecule has 3 rings (SSSR count). The number of carbonyl (C=O) groups is 1. The Morgan fingerprint density at radius 1 is 1.30 bits per heavy atom. The summed E-state index contributed by atoms with van der Waals surface area (Å²) >= 11 is 1.32. The van der Waals surface area contributed by atoms with Crippen LogP contribution in [0.4, 0.5) is 5.00 Å². The highest BCUT2D eigenvalue weighted by Gasteiger charge is 2.28. The van der Waals surface area contributed by atoms with Gasteiger partial charge in [0.1, 0.15) is 5.00 Å². The maximum Gasteiger partial charge on any atom is 0.262 e. The minimum atomic E-state index is -3.73. The SMILES string of the molecule is CC1CCc2c(sc(NS(=O)(=O)c3ccccc3)c2C(N)=O)C1. The molecule has 2 aromatic rings. The number of amides is 1. The summed E-state index contributed by atoms with van der Waals surface area (Å²) in [6.07, 6.45) is 2.60. The number of fused-ring (bicyclic) bond motifs is 1. The number of nitrogens with one attached hydrogen (secondary N) is 1. The van der Waals surface area contributed by atoms with Gasteiger partial charge in [-0.25, -0.2) is 8.42 Å². The zero-order valence-corrected chi connectivity index (χ0v) is 14.3. The van der Waals surface area contributed by atoms with Crippen molar-refractivity contribution >= 4 is 32.3 Å². The van der Waals surface area contributed by atoms with Gasteiger partial charge in [0.15, 0.2) is 0 Å². The number of hydrogen-bond acceptors (Lipinski definition) is 4. The Hall–Kier alpha value is -1.86. The van der Waals surface area contributed by atoms with E-state index in [2.05, 4.69) is 11.6 Å². The molecule has 0 spiro atoms. The first-order valence-corrected chi connectivity index (χ1v) is 9.70. The molecular weight excluding hydrogens is 332 g/mol. The van der Waals surface area contributed by atoms with Crippen LogP contribution in [0.2, 0.25) is 0 Å². The summed E-state index contributed by atoms with van der Waals surface area (Å²) in [6.45, 7) is 2.15. The van der Waals surface area contributed by atoms with Crippen LogP contribution in [0.3, 0.4) is 0 Å². The standard InChI is InChI=1S/C16H18N2O3S2/c1-10-7-8-12-13(9-10)22-16(14(12)15(17)19)18-23(20,21)11-5-3-2-4-6-11/h2-6,10,18H,7-9H2,1H3,(H2,17,19). The highest BCUT2D eigenvalue weighted by Crippen LogP contribution is 2.40. The molecule has 0 fully saturated rings. The van der Waals surface area contributed by atoms with Crippen molar-refractivity contribution in [2.75, 3.05) is 4.72 Å². The van der Waals surface area contributed by atoms with Gasteiger partial charge in [-0.05, 0) is 42.9 Å². The van der Waals surface area contributed by atoms with Gasteiger partial charge < -0.3 is 5.73 Å². The number of primary amides is 1. The molecule has 0 aliphatic heterocycles. The van der Waals surface area contributed by atoms with Gasteiger partial charge in [-0.2, -0.15) is 0 Å². The summed E-state index contributed by atoms with van der Waals surface area (Å²) in [5.41, 5.74) is 6.75. The summed E-state index contributed by atoms with van der Waals surface area (Å²) in [4.78, 5) is 13.1. The molecule has 1 unspecified atom stereocenters. The monoisotopic (exact) mass is 350 g/mol. The van der Waals surface area contributed by atoms with Crippen LogP contribution in [0, 0.1) is 5.92 Å². The number of sulfonamides is 1. The second-order valence-corrected chi connectivity index (χ2v) is 8.63. The lowest BCUT2D eigenvalue weighted by molar-refractivity contribution is 0.100. The number of nitrogens with two attached hydrogens (primary N) is 1. The molecule has 23 heavy (non-hydrogen) atoms. The van der Waals surface area contributed by atoms with E-state index in [-0.39, 0.29) is 4.90 Å². The molecule has 1 aliphatic rings. The molecule has 0 bridgehead atoms. The number of carbonyl (C=O) groups excluding carboxylic acids is 1. The van der Waals surface area contributed by atoms with Crippen LogP contribution in [0.25, 0.3) is 0 Å². The van der Waals surface area contributed by atoms with Crippen molar-refractivity contribution in [2.45, 2.75) is 31.1 Å². The summed E-state index contributed by atoms with van der Waals surface area (Å²) < 4.78 is 27.5. The molecule has 0 saturated heterocycles. The largest absolute Gasteiger partial charge is 0.365 e. The van der Waals surface area contributed by atoms with E-state index in [0.29, 0.717) is 16.5 Å². The number of rotatable bonds is 4. The van der Waals surface area contributed by atoms with Crippen LogP contribution in [0.5, 0.6) is 0 Å². The van der Waals surface area contributed by atoms with E-state index in [1.54, 1.807) is 18.2 Å². The van der Waals surface area contributed by atoms with Gasteiger partial charge in [0.25, 0.3) is 15.9 Å². The van der Waals surface area contributed by atoms with Gasteiger partial charge in [0, 0.05) is 4.88 Å². The number of anilines is 1. The van der Waals surface area contributed by atoms with Crippen LogP contribution in [0.15, 0.2) is 35.2 Å². The van der Waals surface area contributed by atoms with Crippen LogP contribution >= 0.6 is 11.3 Å². The van der Waals surface area contributed by atoms with Gasteiger partial charge >= 0.3 is 0 Å². The zero-order chi connectivity index (χ0) is 16.6. The fourth-order valence-corrected chi connectivity index (χ4v) is 5.61. The summed E-state index contributed by atoms with van der Waals surface area (Å²) in [5.74, 6) is -0.0525. The van der Waals surface area contributed by atoms with Crippen molar-refractivity contribution in [1.82, 2.24) is 0 Å². The lowest BCUT2D eigenvalue weighted by Gasteiger charge is -2.18. The molecule has 1 amide bonds. The van der Waals surface area contributed by atoms with E-state index >= 15 is 0 Å². The van der Waals surface area contributed by atoms with Crippen LogP contribution in [0.1, 0.15) is 34.1 Å². The lowest BCUT2D eigenvalue weighted by Crippen LogP contribution is -2.19. The summed E-state index contributed by atoms with van der Waals surface area (Å²) in [6, 6.07) is 8.10. The topological polar surface area (TPSA) is 89.3 Å². The molecule has 5 nitrogen and oxygen atoms in total. The van der Waals surface area contributed by atoms with Crippen LogP contribution < -0.4 is 10.5 Å². The van der Waals surface area contributed by atoms with Crippen LogP contribution in [-0.4, -0.2) is 14.3 Å². The molecule has 3 N–H and O–H groups in total. The van der Waals surface area contributed by atoms with Crippen molar-refractivity contribution in [3.8, 4) is 0 Å². The predicted molar refractivity (Wildman–Crippen MR) is 91.3 cm³/mol. The second kappa shape index (κ2) is 5.98. The fraction of sp³-hybridized carbons (Fsp3) is 0.312. The molecule has 7 heteroatoms. The summed E-state index contributed by atoms with van der Waals surface area (Å²) in [5, 5.41) is 0.334. The Balaban J connectivity index is 2.02. The maximum absolute atomic E-state index is 12.5. The molecular formula is C16H18N2O3S2. The minimum Gasteiger partial charge on any atom is -0.365 e. The van der Waals surface area contributed by atoms with E-state index in [0.717, 1.165) is 29.7 Å². The summed E-state index contributed by atoms with van der Waals surface area (Å²) in [7, 11) is -3.73. The van der Waals surface area contributed by atoms with E-state index in [9.17, 15) is 13.2 Å². The molecule has 1 aromatic carbocycles. The third-order valence-corrected chi connectivity index (χ3v) is 6.70. The van der Waals surface area contributed by atoms with Gasteiger partial charge in [-0.3, -0.25) is 9.52 Å². The second-order valence-electron chi connectivity index (χ2n) is 5.84. The average Bonchev–Trinajstić information content (AvgIpc) is 2.84. The fourth-order valence-electron chi connectivity index (χ4n) is 2.86. The van der Waals surface area contributed by atoms with E-state index < -0.39 is 15.9 Å². The molecule has 1 heterocycles. The van der Waals surface area contributed by atoms with Crippen molar-refractivity contribution in [1.29, 1.82) is 0 Å². The van der Waals surface area contributed by atoms with Gasteiger partial charge in [-0.1, -0.05) is 25.1 Å². The third-order valence-electron chi connectivity index (χ3n) is 4.04. The van der Waals surface area contributed by atoms with E-state index in [1.807, 2.05) is 0 Å². The molecule has 0 radical (unpaired) electrons. The van der Waals surface area contributed by atoms with E-state index in [1.165, 1.54) is 23.5 Å². The maximum atomic E-state index is 12.5. The smallest absolute Gasteiger partial charge is 0.262 e. The molecule has 0 saturated carbocycles. The molecule has 1 aliphatic carbocycles. The first-order chi connectivity index (χ1) is 10.9. The van der Waals surface area contributed by atoms with E-state index in [4.69, 9.17) is 5.73 Å². The normalized spacial score (nSPS) is 17.5. The highest BCUT2D eigenvalue weighted by molar-refractivity contribution is 7.93. The van der Waals surface area contributed by atoms with Gasteiger partial charge in [0.2, 0.25) is 0 Å². The number of benzene rings is 1. The predicted octanol–water partition coefficient (Wildman–Crippen LogP) is 2.77. The number of thiophene rings is 1. The van der Waals surface area contributed by atoms with Crippen molar-refractivity contribution in [2.24, 2.45) is 11.7 Å².